The third-order valence-corrected chi connectivity index (χ3v) is 8.74. The smallest absolute Gasteiger partial charge is 0.225 e. The molecule has 2 aromatic rings. The van der Waals surface area contributed by atoms with Gasteiger partial charge in [0.05, 0.1) is 34.8 Å². The molecule has 0 spiro atoms. The predicted octanol–water partition coefficient (Wildman–Crippen LogP) is 4.16. The molecule has 2 aliphatic heterocycles. The van der Waals surface area contributed by atoms with Gasteiger partial charge < -0.3 is 19.7 Å². The highest BCUT2D eigenvalue weighted by Crippen LogP contribution is 2.48. The van der Waals surface area contributed by atoms with Gasteiger partial charge in [-0.25, -0.2) is 19.9 Å². The Bertz CT molecular complexity index is 994. The van der Waals surface area contributed by atoms with Crippen LogP contribution in [-0.2, 0) is 4.79 Å². The lowest BCUT2D eigenvalue weighted by molar-refractivity contribution is -0.109. The van der Waals surface area contributed by atoms with Crippen molar-refractivity contribution in [3.63, 3.8) is 0 Å². The van der Waals surface area contributed by atoms with Crippen molar-refractivity contribution in [3.05, 3.63) is 34.8 Å². The molecule has 10 heteroatoms. The van der Waals surface area contributed by atoms with Gasteiger partial charge in [-0.3, -0.25) is 0 Å². The Kier molecular flexibility index (Phi) is 8.23. The maximum Gasteiger partial charge on any atom is 0.225 e. The van der Waals surface area contributed by atoms with E-state index in [1.165, 1.54) is 19.3 Å². The zero-order valence-electron chi connectivity index (χ0n) is 20.4. The highest BCUT2D eigenvalue weighted by Gasteiger charge is 2.44. The second-order valence-electron chi connectivity index (χ2n) is 10.6. The van der Waals surface area contributed by atoms with Gasteiger partial charge in [0.1, 0.15) is 6.29 Å². The van der Waals surface area contributed by atoms with E-state index in [0.29, 0.717) is 40.3 Å². The van der Waals surface area contributed by atoms with Gasteiger partial charge in [-0.05, 0) is 68.1 Å². The molecule has 8 nitrogen and oxygen atoms in total. The average Bonchev–Trinajstić information content (AvgIpc) is 3.85. The van der Waals surface area contributed by atoms with Crippen LogP contribution in [0.3, 0.4) is 0 Å². The van der Waals surface area contributed by atoms with Gasteiger partial charge in [0.25, 0.3) is 0 Å². The lowest BCUT2D eigenvalue weighted by Gasteiger charge is -2.32. The largest absolute Gasteiger partial charge is 0.396 e. The first-order valence-corrected chi connectivity index (χ1v) is 13.8. The summed E-state index contributed by atoms with van der Waals surface area (Å²) in [5.74, 6) is 5.38. The van der Waals surface area contributed by atoms with Crippen LogP contribution < -0.4 is 9.80 Å². The molecule has 4 heterocycles. The minimum absolute atomic E-state index is 0.341. The summed E-state index contributed by atoms with van der Waals surface area (Å²) >= 11 is 11.6. The Hall–Kier alpha value is -2.03. The van der Waals surface area contributed by atoms with Crippen LogP contribution >= 0.6 is 23.2 Å². The second kappa shape index (κ2) is 11.6. The molecule has 2 aromatic heterocycles. The zero-order valence-corrected chi connectivity index (χ0v) is 21.9. The van der Waals surface area contributed by atoms with E-state index in [4.69, 9.17) is 28.3 Å². The molecule has 6 rings (SSSR count). The third kappa shape index (κ3) is 6.26. The van der Waals surface area contributed by atoms with Crippen molar-refractivity contribution in [2.24, 2.45) is 35.5 Å². The van der Waals surface area contributed by atoms with Gasteiger partial charge in [0.15, 0.2) is 0 Å². The maximum absolute atomic E-state index is 10.7. The van der Waals surface area contributed by atoms with E-state index in [1.807, 2.05) is 0 Å². The van der Waals surface area contributed by atoms with Crippen LogP contribution in [0.25, 0.3) is 0 Å². The first-order valence-electron chi connectivity index (χ1n) is 13.1. The molecule has 1 N–H and O–H groups in total. The SMILES string of the molecule is O=C[C@@H]1C[C@@H]1C1CCN(c2ncc(Cl)cn2)CC1.OC[C@@H]1C[C@@H]1C1CCN(c2ncc(Cl)cn2)CC1. The molecule has 0 aromatic carbocycles. The van der Waals surface area contributed by atoms with Gasteiger partial charge in [0.2, 0.25) is 11.9 Å². The van der Waals surface area contributed by atoms with Crippen LogP contribution in [-0.4, -0.2) is 64.1 Å². The number of aromatic nitrogens is 4. The molecule has 4 fully saturated rings. The molecule has 2 saturated heterocycles. The molecule has 0 unspecified atom stereocenters. The minimum Gasteiger partial charge on any atom is -0.396 e. The summed E-state index contributed by atoms with van der Waals surface area (Å²) in [6, 6.07) is 0. The molecule has 194 valence electrons. The first kappa shape index (κ1) is 25.6. The number of carbonyl (C=O) groups excluding carboxylic acids is 1. The fourth-order valence-corrected chi connectivity index (χ4v) is 6.18. The van der Waals surface area contributed by atoms with Crippen LogP contribution in [0, 0.1) is 35.5 Å². The highest BCUT2D eigenvalue weighted by molar-refractivity contribution is 6.30. The number of hydrogen-bond donors (Lipinski definition) is 1. The zero-order chi connectivity index (χ0) is 25.1. The summed E-state index contributed by atoms with van der Waals surface area (Å²) in [6.07, 6.45) is 14.7. The summed E-state index contributed by atoms with van der Waals surface area (Å²) in [6.45, 7) is 4.36. The number of hydrogen-bond acceptors (Lipinski definition) is 8. The van der Waals surface area contributed by atoms with E-state index >= 15 is 0 Å². The van der Waals surface area contributed by atoms with E-state index in [0.717, 1.165) is 75.5 Å². The molecule has 4 aliphatic rings. The number of anilines is 2. The van der Waals surface area contributed by atoms with E-state index in [1.54, 1.807) is 24.8 Å². The summed E-state index contributed by atoms with van der Waals surface area (Å²) in [5.41, 5.74) is 0. The van der Waals surface area contributed by atoms with Crippen LogP contribution in [0.2, 0.25) is 10.0 Å². The van der Waals surface area contributed by atoms with E-state index in [2.05, 4.69) is 29.7 Å². The third-order valence-electron chi connectivity index (χ3n) is 8.35. The molecule has 0 amide bonds. The van der Waals surface area contributed by atoms with Gasteiger partial charge >= 0.3 is 0 Å². The Morgan fingerprint density at radius 1 is 0.778 bits per heavy atom. The number of halogens is 2. The van der Waals surface area contributed by atoms with Crippen LogP contribution in [0.15, 0.2) is 24.8 Å². The normalized spacial score (nSPS) is 28.3. The summed E-state index contributed by atoms with van der Waals surface area (Å²) in [7, 11) is 0. The fraction of sp³-hybridized carbons (Fsp3) is 0.654. The summed E-state index contributed by atoms with van der Waals surface area (Å²) in [5, 5.41) is 10.3. The van der Waals surface area contributed by atoms with Crippen molar-refractivity contribution in [1.82, 2.24) is 19.9 Å². The van der Waals surface area contributed by atoms with E-state index < -0.39 is 0 Å². The Labute approximate surface area is 222 Å². The number of rotatable bonds is 6. The molecular formula is C26H34Cl2N6O2. The standard InChI is InChI=1S/C13H18ClN3O.C13H16ClN3O/c2*14-11-6-15-13(16-7-11)17-3-1-9(2-4-17)12-5-10(12)8-18/h6-7,9-10,12,18H,1-5,8H2;6-10,12H,1-5H2/t2*10-,12+/m00/s1. The molecule has 0 bridgehead atoms. The number of aliphatic hydroxyl groups excluding tert-OH is 1. The van der Waals surface area contributed by atoms with Gasteiger partial charge in [-0.1, -0.05) is 23.2 Å². The summed E-state index contributed by atoms with van der Waals surface area (Å²) in [4.78, 5) is 32.1. The average molecular weight is 534 g/mol. The quantitative estimate of drug-likeness (QED) is 0.554. The van der Waals surface area contributed by atoms with E-state index in [9.17, 15) is 4.79 Å². The van der Waals surface area contributed by atoms with Crippen molar-refractivity contribution in [2.75, 3.05) is 42.6 Å². The predicted molar refractivity (Wildman–Crippen MR) is 140 cm³/mol. The van der Waals surface area contributed by atoms with E-state index in [-0.39, 0.29) is 0 Å². The second-order valence-corrected chi connectivity index (χ2v) is 11.5. The minimum atomic E-state index is 0.341. The Morgan fingerprint density at radius 3 is 1.58 bits per heavy atom. The Morgan fingerprint density at radius 2 is 1.22 bits per heavy atom. The molecular weight excluding hydrogens is 499 g/mol. The van der Waals surface area contributed by atoms with Crippen LogP contribution in [0.4, 0.5) is 11.9 Å². The number of aliphatic hydroxyl groups is 1. The fourth-order valence-electron chi connectivity index (χ4n) is 5.99. The lowest BCUT2D eigenvalue weighted by atomic mass is 9.91. The number of piperidine rings is 2. The molecule has 36 heavy (non-hydrogen) atoms. The number of aldehydes is 1. The molecule has 4 atom stereocenters. The maximum atomic E-state index is 10.7. The Balaban J connectivity index is 0.000000148. The molecule has 2 aliphatic carbocycles. The summed E-state index contributed by atoms with van der Waals surface area (Å²) < 4.78 is 0. The van der Waals surface area contributed by atoms with Crippen molar-refractivity contribution < 1.29 is 9.90 Å². The highest BCUT2D eigenvalue weighted by atomic mass is 35.5. The monoisotopic (exact) mass is 532 g/mol. The van der Waals surface area contributed by atoms with Gasteiger partial charge in [0, 0.05) is 38.7 Å². The number of nitrogens with zero attached hydrogens (tertiary/aromatic N) is 6. The van der Waals surface area contributed by atoms with Gasteiger partial charge in [-0.2, -0.15) is 0 Å². The van der Waals surface area contributed by atoms with Crippen molar-refractivity contribution in [1.29, 1.82) is 0 Å². The van der Waals surface area contributed by atoms with Crippen LogP contribution in [0.5, 0.6) is 0 Å². The molecule has 0 radical (unpaired) electrons. The topological polar surface area (TPSA) is 95.3 Å². The lowest BCUT2D eigenvalue weighted by Crippen LogP contribution is -2.35. The van der Waals surface area contributed by atoms with Gasteiger partial charge in [-0.15, -0.1) is 0 Å². The van der Waals surface area contributed by atoms with Crippen LogP contribution in [0.1, 0.15) is 38.5 Å². The number of carbonyl (C=O) groups is 1. The van der Waals surface area contributed by atoms with Crippen molar-refractivity contribution in [2.45, 2.75) is 38.5 Å². The van der Waals surface area contributed by atoms with Crippen molar-refractivity contribution >= 4 is 41.4 Å². The van der Waals surface area contributed by atoms with Crippen molar-refractivity contribution in [3.8, 4) is 0 Å². The molecule has 2 saturated carbocycles. The first-order chi connectivity index (χ1) is 17.6.